The standard InChI is InChI=1S/C19H26N4O2S/c1-4-23-18(22-9-11-25-12-10-22)20-21-19(23)26-13-17(24)16-7-5-15(6-8-16)14(2)3/h5-8,14H,4,9-13H2,1-3H3. The van der Waals surface area contributed by atoms with Crippen LogP contribution in [0.15, 0.2) is 29.4 Å². The topological polar surface area (TPSA) is 60.2 Å². The number of hydrogen-bond acceptors (Lipinski definition) is 6. The Balaban J connectivity index is 1.65. The lowest BCUT2D eigenvalue weighted by atomic mass is 10.0. The fraction of sp³-hybridized carbons (Fsp3) is 0.526. The first-order valence-corrected chi connectivity index (χ1v) is 10.1. The van der Waals surface area contributed by atoms with E-state index in [0.29, 0.717) is 24.9 Å². The lowest BCUT2D eigenvalue weighted by Crippen LogP contribution is -2.38. The van der Waals surface area contributed by atoms with Crippen molar-refractivity contribution < 1.29 is 9.53 Å². The van der Waals surface area contributed by atoms with Crippen LogP contribution in [-0.4, -0.2) is 52.6 Å². The monoisotopic (exact) mass is 374 g/mol. The van der Waals surface area contributed by atoms with Crippen molar-refractivity contribution >= 4 is 23.5 Å². The van der Waals surface area contributed by atoms with Gasteiger partial charge in [-0.3, -0.25) is 9.36 Å². The van der Waals surface area contributed by atoms with Crippen molar-refractivity contribution in [2.45, 2.75) is 38.4 Å². The quantitative estimate of drug-likeness (QED) is 0.548. The summed E-state index contributed by atoms with van der Waals surface area (Å²) in [7, 11) is 0. The Morgan fingerprint density at radius 1 is 1.19 bits per heavy atom. The molecule has 0 bridgehead atoms. The van der Waals surface area contributed by atoms with E-state index in [1.54, 1.807) is 0 Å². The van der Waals surface area contributed by atoms with Crippen LogP contribution in [0.1, 0.15) is 42.6 Å². The minimum atomic E-state index is 0.115. The Hall–Kier alpha value is -1.86. The Labute approximate surface area is 158 Å². The van der Waals surface area contributed by atoms with Gasteiger partial charge < -0.3 is 9.64 Å². The van der Waals surface area contributed by atoms with Gasteiger partial charge in [0.1, 0.15) is 0 Å². The highest BCUT2D eigenvalue weighted by atomic mass is 32.2. The van der Waals surface area contributed by atoms with E-state index in [0.717, 1.165) is 36.3 Å². The van der Waals surface area contributed by atoms with Gasteiger partial charge in [0.25, 0.3) is 0 Å². The number of nitrogens with zero attached hydrogens (tertiary/aromatic N) is 4. The normalized spacial score (nSPS) is 14.8. The molecule has 0 amide bonds. The molecule has 3 rings (SSSR count). The molecular weight excluding hydrogens is 348 g/mol. The van der Waals surface area contributed by atoms with Crippen molar-refractivity contribution in [3.05, 3.63) is 35.4 Å². The number of anilines is 1. The summed E-state index contributed by atoms with van der Waals surface area (Å²) < 4.78 is 7.48. The molecule has 0 unspecified atom stereocenters. The van der Waals surface area contributed by atoms with Gasteiger partial charge in [0.15, 0.2) is 10.9 Å². The van der Waals surface area contributed by atoms with E-state index in [2.05, 4.69) is 40.4 Å². The van der Waals surface area contributed by atoms with Crippen molar-refractivity contribution in [3.8, 4) is 0 Å². The van der Waals surface area contributed by atoms with E-state index < -0.39 is 0 Å². The number of carbonyl (C=O) groups excluding carboxylic acids is 1. The van der Waals surface area contributed by atoms with Crippen molar-refractivity contribution in [3.63, 3.8) is 0 Å². The number of rotatable bonds is 7. The molecule has 0 N–H and O–H groups in total. The Morgan fingerprint density at radius 3 is 2.50 bits per heavy atom. The largest absolute Gasteiger partial charge is 0.378 e. The summed E-state index contributed by atoms with van der Waals surface area (Å²) in [6.07, 6.45) is 0. The molecule has 6 nitrogen and oxygen atoms in total. The van der Waals surface area contributed by atoms with Gasteiger partial charge in [-0.1, -0.05) is 49.9 Å². The van der Waals surface area contributed by atoms with Crippen LogP contribution in [-0.2, 0) is 11.3 Å². The van der Waals surface area contributed by atoms with Crippen molar-refractivity contribution in [2.75, 3.05) is 37.0 Å². The summed E-state index contributed by atoms with van der Waals surface area (Å²) in [5, 5.41) is 9.44. The molecule has 7 heteroatoms. The van der Waals surface area contributed by atoms with E-state index in [1.807, 2.05) is 24.3 Å². The number of morpholine rings is 1. The van der Waals surface area contributed by atoms with Gasteiger partial charge in [-0.05, 0) is 18.4 Å². The fourth-order valence-electron chi connectivity index (χ4n) is 2.93. The molecule has 1 aliphatic rings. The highest BCUT2D eigenvalue weighted by Crippen LogP contribution is 2.24. The van der Waals surface area contributed by atoms with Gasteiger partial charge in [-0.15, -0.1) is 10.2 Å². The van der Waals surface area contributed by atoms with Crippen LogP contribution in [0.2, 0.25) is 0 Å². The van der Waals surface area contributed by atoms with Gasteiger partial charge in [0.05, 0.1) is 19.0 Å². The molecule has 0 saturated carbocycles. The average Bonchev–Trinajstić information content (AvgIpc) is 3.09. The van der Waals surface area contributed by atoms with E-state index in [1.165, 1.54) is 17.3 Å². The molecule has 0 aliphatic carbocycles. The summed E-state index contributed by atoms with van der Waals surface area (Å²) in [5.74, 6) is 1.81. The lowest BCUT2D eigenvalue weighted by Gasteiger charge is -2.27. The lowest BCUT2D eigenvalue weighted by molar-refractivity contribution is 0.102. The zero-order valence-electron chi connectivity index (χ0n) is 15.6. The van der Waals surface area contributed by atoms with Gasteiger partial charge >= 0.3 is 0 Å². The number of hydrogen-bond donors (Lipinski definition) is 0. The van der Waals surface area contributed by atoms with Crippen molar-refractivity contribution in [2.24, 2.45) is 0 Å². The van der Waals surface area contributed by atoms with Gasteiger partial charge in [-0.2, -0.15) is 0 Å². The van der Waals surface area contributed by atoms with Crippen LogP contribution >= 0.6 is 11.8 Å². The fourth-order valence-corrected chi connectivity index (χ4v) is 3.82. The molecule has 1 aromatic carbocycles. The Morgan fingerprint density at radius 2 is 1.88 bits per heavy atom. The molecule has 0 spiro atoms. The number of aromatic nitrogens is 3. The third-order valence-corrected chi connectivity index (χ3v) is 5.51. The van der Waals surface area contributed by atoms with Crippen LogP contribution < -0.4 is 4.90 Å². The molecule has 2 heterocycles. The molecule has 2 aromatic rings. The highest BCUT2D eigenvalue weighted by molar-refractivity contribution is 7.99. The van der Waals surface area contributed by atoms with Gasteiger partial charge in [-0.25, -0.2) is 0 Å². The first-order chi connectivity index (χ1) is 12.6. The number of ketones is 1. The van der Waals surface area contributed by atoms with Crippen LogP contribution in [0.4, 0.5) is 5.95 Å². The van der Waals surface area contributed by atoms with Crippen LogP contribution in [0.5, 0.6) is 0 Å². The number of carbonyl (C=O) groups is 1. The number of ether oxygens (including phenoxy) is 1. The van der Waals surface area contributed by atoms with E-state index in [9.17, 15) is 4.79 Å². The zero-order valence-corrected chi connectivity index (χ0v) is 16.5. The predicted octanol–water partition coefficient (Wildman–Crippen LogP) is 3.23. The summed E-state index contributed by atoms with van der Waals surface area (Å²) in [5.41, 5.74) is 1.99. The molecule has 26 heavy (non-hydrogen) atoms. The van der Waals surface area contributed by atoms with Crippen LogP contribution in [0.3, 0.4) is 0 Å². The molecule has 1 fully saturated rings. The van der Waals surface area contributed by atoms with Crippen molar-refractivity contribution in [1.82, 2.24) is 14.8 Å². The van der Waals surface area contributed by atoms with Gasteiger partial charge in [0.2, 0.25) is 5.95 Å². The van der Waals surface area contributed by atoms with E-state index in [-0.39, 0.29) is 5.78 Å². The molecule has 0 radical (unpaired) electrons. The molecule has 1 saturated heterocycles. The van der Waals surface area contributed by atoms with Crippen molar-refractivity contribution in [1.29, 1.82) is 0 Å². The second-order valence-corrected chi connectivity index (χ2v) is 7.56. The minimum absolute atomic E-state index is 0.115. The maximum absolute atomic E-state index is 12.5. The SMILES string of the molecule is CCn1c(SCC(=O)c2ccc(C(C)C)cc2)nnc1N1CCOCC1. The summed E-state index contributed by atoms with van der Waals surface area (Å²) in [4.78, 5) is 14.7. The molecule has 140 valence electrons. The maximum atomic E-state index is 12.5. The van der Waals surface area contributed by atoms with E-state index in [4.69, 9.17) is 4.74 Å². The zero-order chi connectivity index (χ0) is 18.5. The van der Waals surface area contributed by atoms with Gasteiger partial charge in [0, 0.05) is 25.2 Å². The van der Waals surface area contributed by atoms with Crippen LogP contribution in [0, 0.1) is 0 Å². The molecule has 1 aliphatic heterocycles. The average molecular weight is 375 g/mol. The summed E-state index contributed by atoms with van der Waals surface area (Å²) >= 11 is 1.45. The highest BCUT2D eigenvalue weighted by Gasteiger charge is 2.20. The maximum Gasteiger partial charge on any atom is 0.228 e. The molecular formula is C19H26N4O2S. The van der Waals surface area contributed by atoms with E-state index >= 15 is 0 Å². The first kappa shape index (κ1) is 18.9. The number of thioether (sulfide) groups is 1. The number of benzene rings is 1. The third-order valence-electron chi connectivity index (χ3n) is 4.54. The number of Topliss-reactive ketones (excluding diaryl/α,β-unsaturated/α-hetero) is 1. The minimum Gasteiger partial charge on any atom is -0.378 e. The molecule has 1 aromatic heterocycles. The summed E-state index contributed by atoms with van der Waals surface area (Å²) in [6, 6.07) is 7.91. The predicted molar refractivity (Wildman–Crippen MR) is 104 cm³/mol. The first-order valence-electron chi connectivity index (χ1n) is 9.12. The smallest absolute Gasteiger partial charge is 0.228 e. The third kappa shape index (κ3) is 4.27. The van der Waals surface area contributed by atoms with Crippen LogP contribution in [0.25, 0.3) is 0 Å². The molecule has 0 atom stereocenters. The second kappa shape index (κ2) is 8.68. The Kier molecular flexibility index (Phi) is 6.32. The Bertz CT molecular complexity index is 736. The summed E-state index contributed by atoms with van der Waals surface area (Å²) in [6.45, 7) is 10.2. The second-order valence-electron chi connectivity index (χ2n) is 6.61.